The van der Waals surface area contributed by atoms with E-state index in [0.29, 0.717) is 38.2 Å². The summed E-state index contributed by atoms with van der Waals surface area (Å²) in [5, 5.41) is 14.5. The predicted octanol–water partition coefficient (Wildman–Crippen LogP) is 3.66. The number of nitrogens with zero attached hydrogens (tertiary/aromatic N) is 1. The van der Waals surface area contributed by atoms with Crippen LogP contribution in [0.5, 0.6) is 0 Å². The fourth-order valence-corrected chi connectivity index (χ4v) is 5.11. The maximum absolute atomic E-state index is 14.5. The third kappa shape index (κ3) is 4.01. The molecule has 27 heavy (non-hydrogen) atoms. The van der Waals surface area contributed by atoms with Crippen molar-refractivity contribution in [3.63, 3.8) is 0 Å². The number of aryl methyl sites for hydroxylation is 1. The topological polar surface area (TPSA) is 52.6 Å². The molecule has 1 saturated heterocycles. The Morgan fingerprint density at radius 2 is 2.04 bits per heavy atom. The molecule has 0 saturated carbocycles. The molecule has 2 aliphatic rings. The van der Waals surface area contributed by atoms with E-state index in [-0.39, 0.29) is 17.8 Å². The van der Waals surface area contributed by atoms with Crippen LogP contribution in [-0.2, 0) is 19.4 Å². The van der Waals surface area contributed by atoms with Crippen LogP contribution in [0.2, 0.25) is 0 Å². The highest BCUT2D eigenvalue weighted by Crippen LogP contribution is 2.30. The molecule has 1 aromatic carbocycles. The van der Waals surface area contributed by atoms with E-state index in [9.17, 15) is 14.3 Å². The van der Waals surface area contributed by atoms with Gasteiger partial charge in [-0.3, -0.25) is 4.79 Å². The maximum atomic E-state index is 14.5. The van der Waals surface area contributed by atoms with Gasteiger partial charge in [-0.1, -0.05) is 6.07 Å². The molecule has 2 heterocycles. The molecule has 0 unspecified atom stereocenters. The maximum Gasteiger partial charge on any atom is 0.252 e. The quantitative estimate of drug-likeness (QED) is 0.841. The number of fused-ring (bicyclic) bond motifs is 1. The summed E-state index contributed by atoms with van der Waals surface area (Å²) in [5.41, 5.74) is 3.32. The number of hydrogen-bond acceptors (Lipinski definition) is 4. The fraction of sp³-hybridized carbons (Fsp3) is 0.476. The first kappa shape index (κ1) is 18.4. The van der Waals surface area contributed by atoms with Crippen LogP contribution < -0.4 is 10.2 Å². The number of amides is 1. The Morgan fingerprint density at radius 1 is 1.26 bits per heavy atom. The number of hydrogen-bond donors (Lipinski definition) is 2. The number of aliphatic hydroxyl groups excluding tert-OH is 1. The van der Waals surface area contributed by atoms with Crippen molar-refractivity contribution in [2.75, 3.05) is 18.0 Å². The Hall–Kier alpha value is -1.92. The van der Waals surface area contributed by atoms with Crippen molar-refractivity contribution in [3.05, 3.63) is 51.0 Å². The van der Waals surface area contributed by atoms with Crippen molar-refractivity contribution in [2.24, 2.45) is 0 Å². The zero-order valence-corrected chi connectivity index (χ0v) is 16.2. The van der Waals surface area contributed by atoms with Gasteiger partial charge in [-0.2, -0.15) is 0 Å². The van der Waals surface area contributed by atoms with E-state index < -0.39 is 0 Å². The molecule has 4 rings (SSSR count). The van der Waals surface area contributed by atoms with Gasteiger partial charge in [-0.15, -0.1) is 11.3 Å². The van der Waals surface area contributed by atoms with Crippen LogP contribution in [0, 0.1) is 5.82 Å². The average molecular weight is 389 g/mol. The smallest absolute Gasteiger partial charge is 0.252 e. The van der Waals surface area contributed by atoms with Gasteiger partial charge in [0, 0.05) is 29.9 Å². The van der Waals surface area contributed by atoms with Gasteiger partial charge in [-0.05, 0) is 61.8 Å². The molecule has 0 spiro atoms. The monoisotopic (exact) mass is 388 g/mol. The second-order valence-electron chi connectivity index (χ2n) is 7.44. The van der Waals surface area contributed by atoms with Crippen LogP contribution >= 0.6 is 11.3 Å². The lowest BCUT2D eigenvalue weighted by Gasteiger charge is -2.31. The Kier molecular flexibility index (Phi) is 5.45. The molecule has 1 aliphatic heterocycles. The average Bonchev–Trinajstić information content (AvgIpc) is 3.11. The van der Waals surface area contributed by atoms with Gasteiger partial charge in [0.15, 0.2) is 0 Å². The second-order valence-corrected chi connectivity index (χ2v) is 8.41. The highest BCUT2D eigenvalue weighted by Gasteiger charge is 2.21. The highest BCUT2D eigenvalue weighted by molar-refractivity contribution is 7.10. The van der Waals surface area contributed by atoms with Gasteiger partial charge >= 0.3 is 0 Å². The summed E-state index contributed by atoms with van der Waals surface area (Å²) in [5.74, 6) is -0.338. The summed E-state index contributed by atoms with van der Waals surface area (Å²) in [6, 6.07) is 5.15. The molecule has 2 aromatic rings. The first-order chi connectivity index (χ1) is 13.1. The number of benzene rings is 1. The number of nitrogens with one attached hydrogen (secondary N) is 1. The summed E-state index contributed by atoms with van der Waals surface area (Å²) < 4.78 is 14.5. The minimum absolute atomic E-state index is 0.0658. The van der Waals surface area contributed by atoms with Gasteiger partial charge < -0.3 is 15.3 Å². The zero-order chi connectivity index (χ0) is 18.8. The molecule has 1 amide bonds. The van der Waals surface area contributed by atoms with E-state index in [1.54, 1.807) is 17.4 Å². The highest BCUT2D eigenvalue weighted by atomic mass is 32.1. The molecule has 6 heteroatoms. The molecular weight excluding hydrogens is 363 g/mol. The molecule has 0 bridgehead atoms. The standard InChI is InChI=1S/C21H25FN2O2S/c22-18-11-14(5-6-19(18)24-9-7-15(25)8-10-24)12-23-21(26)17-13-27-20-4-2-1-3-16(17)20/h5-6,11,13,15,25H,1-4,7-10,12H2,(H,23,26). The Labute approximate surface area is 163 Å². The van der Waals surface area contributed by atoms with Gasteiger partial charge in [0.2, 0.25) is 0 Å². The summed E-state index contributed by atoms with van der Waals surface area (Å²) in [6.07, 6.45) is 5.47. The third-order valence-electron chi connectivity index (χ3n) is 5.58. The Morgan fingerprint density at radius 3 is 2.81 bits per heavy atom. The summed E-state index contributed by atoms with van der Waals surface area (Å²) >= 11 is 1.68. The van der Waals surface area contributed by atoms with Crippen LogP contribution in [0.1, 0.15) is 52.0 Å². The number of rotatable bonds is 4. The Bertz CT molecular complexity index is 828. The summed E-state index contributed by atoms with van der Waals surface area (Å²) in [6.45, 7) is 1.65. The van der Waals surface area contributed by atoms with E-state index in [0.717, 1.165) is 30.4 Å². The first-order valence-electron chi connectivity index (χ1n) is 9.70. The van der Waals surface area contributed by atoms with Crippen molar-refractivity contribution in [1.82, 2.24) is 5.32 Å². The van der Waals surface area contributed by atoms with Crippen molar-refractivity contribution < 1.29 is 14.3 Å². The van der Waals surface area contributed by atoms with E-state index in [1.165, 1.54) is 22.9 Å². The lowest BCUT2D eigenvalue weighted by Crippen LogP contribution is -2.36. The first-order valence-corrected chi connectivity index (χ1v) is 10.6. The third-order valence-corrected chi connectivity index (χ3v) is 6.66. The molecule has 1 fully saturated rings. The lowest BCUT2D eigenvalue weighted by atomic mass is 9.95. The van der Waals surface area contributed by atoms with Crippen LogP contribution in [0.4, 0.5) is 10.1 Å². The van der Waals surface area contributed by atoms with Gasteiger partial charge in [0.25, 0.3) is 5.91 Å². The van der Waals surface area contributed by atoms with Crippen molar-refractivity contribution in [2.45, 2.75) is 51.2 Å². The number of piperidine rings is 1. The molecule has 0 radical (unpaired) electrons. The minimum atomic E-state index is -0.276. The van der Waals surface area contributed by atoms with Crippen LogP contribution in [0.15, 0.2) is 23.6 Å². The van der Waals surface area contributed by atoms with E-state index >= 15 is 0 Å². The van der Waals surface area contributed by atoms with Crippen molar-refractivity contribution >= 4 is 22.9 Å². The van der Waals surface area contributed by atoms with E-state index in [1.807, 2.05) is 16.3 Å². The SMILES string of the molecule is O=C(NCc1ccc(N2CCC(O)CC2)c(F)c1)c1csc2c1CCCC2. The minimum Gasteiger partial charge on any atom is -0.393 e. The predicted molar refractivity (Wildman–Crippen MR) is 106 cm³/mol. The van der Waals surface area contributed by atoms with Crippen LogP contribution in [-0.4, -0.2) is 30.2 Å². The molecule has 2 N–H and O–H groups in total. The fourth-order valence-electron chi connectivity index (χ4n) is 3.99. The Balaban J connectivity index is 1.39. The van der Waals surface area contributed by atoms with Crippen molar-refractivity contribution in [1.29, 1.82) is 0 Å². The molecule has 1 aliphatic carbocycles. The summed E-state index contributed by atoms with van der Waals surface area (Å²) in [7, 11) is 0. The lowest BCUT2D eigenvalue weighted by molar-refractivity contribution is 0.0950. The summed E-state index contributed by atoms with van der Waals surface area (Å²) in [4.78, 5) is 15.9. The number of carbonyl (C=O) groups is 1. The normalized spacial score (nSPS) is 17.6. The number of carbonyl (C=O) groups excluding carboxylic acids is 1. The van der Waals surface area contributed by atoms with E-state index in [2.05, 4.69) is 5.32 Å². The van der Waals surface area contributed by atoms with Crippen LogP contribution in [0.25, 0.3) is 0 Å². The second kappa shape index (κ2) is 7.98. The van der Waals surface area contributed by atoms with Crippen LogP contribution in [0.3, 0.4) is 0 Å². The molecule has 4 nitrogen and oxygen atoms in total. The van der Waals surface area contributed by atoms with Gasteiger partial charge in [0.1, 0.15) is 5.82 Å². The molecule has 144 valence electrons. The zero-order valence-electron chi connectivity index (χ0n) is 15.3. The largest absolute Gasteiger partial charge is 0.393 e. The number of anilines is 1. The molecular formula is C21H25FN2O2S. The molecule has 0 atom stereocenters. The van der Waals surface area contributed by atoms with Crippen molar-refractivity contribution in [3.8, 4) is 0 Å². The van der Waals surface area contributed by atoms with Gasteiger partial charge in [0.05, 0.1) is 17.4 Å². The van der Waals surface area contributed by atoms with E-state index in [4.69, 9.17) is 0 Å². The number of aliphatic hydroxyl groups is 1. The van der Waals surface area contributed by atoms with Gasteiger partial charge in [-0.25, -0.2) is 4.39 Å². The molecule has 1 aromatic heterocycles. The number of thiophene rings is 1. The number of halogens is 1.